The van der Waals surface area contributed by atoms with Crippen molar-refractivity contribution in [2.24, 2.45) is 11.1 Å². The van der Waals surface area contributed by atoms with Crippen LogP contribution in [0.2, 0.25) is 0 Å². The van der Waals surface area contributed by atoms with Gasteiger partial charge in [-0.1, -0.05) is 18.6 Å². The monoisotopic (exact) mass is 246 g/mol. The Morgan fingerprint density at radius 2 is 1.89 bits per heavy atom. The molecule has 1 saturated carbocycles. The molecular weight excluding hydrogens is 220 g/mol. The fourth-order valence-corrected chi connectivity index (χ4v) is 3.22. The number of nitrogens with one attached hydrogen (secondary N) is 1. The number of nitrogens with two attached hydrogens (primary N) is 1. The highest BCUT2D eigenvalue weighted by Crippen LogP contribution is 2.49. The summed E-state index contributed by atoms with van der Waals surface area (Å²) in [5.74, 6) is 0. The minimum atomic E-state index is 0.165. The van der Waals surface area contributed by atoms with Gasteiger partial charge < -0.3 is 11.1 Å². The maximum absolute atomic E-state index is 6.60. The van der Waals surface area contributed by atoms with E-state index in [1.165, 1.54) is 41.5 Å². The summed E-state index contributed by atoms with van der Waals surface area (Å²) >= 11 is 0. The van der Waals surface area contributed by atoms with Crippen LogP contribution in [-0.4, -0.2) is 13.6 Å². The highest BCUT2D eigenvalue weighted by atomic mass is 14.9. The molecule has 0 radical (unpaired) electrons. The Morgan fingerprint density at radius 1 is 1.22 bits per heavy atom. The van der Waals surface area contributed by atoms with Gasteiger partial charge in [-0.2, -0.15) is 0 Å². The smallest absolute Gasteiger partial charge is 0.0367 e. The van der Waals surface area contributed by atoms with E-state index in [1.807, 2.05) is 7.05 Å². The molecule has 2 nitrogen and oxygen atoms in total. The lowest BCUT2D eigenvalue weighted by molar-refractivity contribution is 0.0944. The number of hydrogen-bond acceptors (Lipinski definition) is 2. The molecule has 0 spiro atoms. The van der Waals surface area contributed by atoms with Gasteiger partial charge in [0.15, 0.2) is 0 Å². The summed E-state index contributed by atoms with van der Waals surface area (Å²) in [6.45, 7) is 7.61. The van der Waals surface area contributed by atoms with Gasteiger partial charge in [-0.05, 0) is 62.9 Å². The predicted octanol–water partition coefficient (Wildman–Crippen LogP) is 3.00. The van der Waals surface area contributed by atoms with E-state index in [2.05, 4.69) is 38.2 Å². The molecule has 0 amide bonds. The highest BCUT2D eigenvalue weighted by molar-refractivity contribution is 5.41. The van der Waals surface area contributed by atoms with Crippen molar-refractivity contribution in [2.45, 2.75) is 46.1 Å². The van der Waals surface area contributed by atoms with Crippen molar-refractivity contribution in [3.63, 3.8) is 0 Å². The van der Waals surface area contributed by atoms with E-state index >= 15 is 0 Å². The summed E-state index contributed by atoms with van der Waals surface area (Å²) in [6.07, 6.45) is 3.82. The standard InChI is InChI=1S/C16H26N2/c1-11-6-7-14(13(3)12(11)2)15(17)16(10-18-4)8-5-9-16/h6-7,15,18H,5,8-10,17H2,1-4H3. The van der Waals surface area contributed by atoms with Crippen molar-refractivity contribution in [1.82, 2.24) is 5.32 Å². The van der Waals surface area contributed by atoms with Gasteiger partial charge in [0.25, 0.3) is 0 Å². The zero-order valence-electron chi connectivity index (χ0n) is 12.1. The summed E-state index contributed by atoms with van der Waals surface area (Å²) in [6, 6.07) is 4.61. The molecule has 18 heavy (non-hydrogen) atoms. The number of hydrogen-bond donors (Lipinski definition) is 2. The molecule has 1 unspecified atom stereocenters. The Bertz CT molecular complexity index is 433. The van der Waals surface area contributed by atoms with E-state index in [0.29, 0.717) is 0 Å². The first-order valence-corrected chi connectivity index (χ1v) is 6.99. The normalized spacial score (nSPS) is 19.4. The molecule has 2 rings (SSSR count). The van der Waals surface area contributed by atoms with Crippen molar-refractivity contribution in [1.29, 1.82) is 0 Å². The van der Waals surface area contributed by atoms with E-state index in [4.69, 9.17) is 5.73 Å². The lowest BCUT2D eigenvalue weighted by Gasteiger charge is -2.47. The maximum atomic E-state index is 6.60. The van der Waals surface area contributed by atoms with Gasteiger partial charge in [0.1, 0.15) is 0 Å². The maximum Gasteiger partial charge on any atom is 0.0367 e. The van der Waals surface area contributed by atoms with Gasteiger partial charge >= 0.3 is 0 Å². The summed E-state index contributed by atoms with van der Waals surface area (Å²) in [4.78, 5) is 0. The van der Waals surface area contributed by atoms with Crippen LogP contribution in [0.4, 0.5) is 0 Å². The Balaban J connectivity index is 2.33. The lowest BCUT2D eigenvalue weighted by atomic mass is 9.62. The molecule has 0 bridgehead atoms. The molecule has 3 N–H and O–H groups in total. The third kappa shape index (κ3) is 2.08. The summed E-state index contributed by atoms with van der Waals surface area (Å²) in [5, 5.41) is 3.33. The van der Waals surface area contributed by atoms with E-state index in [0.717, 1.165) is 6.54 Å². The van der Waals surface area contributed by atoms with Crippen LogP contribution in [0.3, 0.4) is 0 Å². The topological polar surface area (TPSA) is 38.0 Å². The molecule has 1 aromatic carbocycles. The minimum Gasteiger partial charge on any atom is -0.323 e. The molecule has 0 aliphatic heterocycles. The van der Waals surface area contributed by atoms with Gasteiger partial charge in [0.05, 0.1) is 0 Å². The average Bonchev–Trinajstić information content (AvgIpc) is 2.30. The molecule has 1 aromatic rings. The Labute approximate surface area is 111 Å². The van der Waals surface area contributed by atoms with Gasteiger partial charge in [-0.25, -0.2) is 0 Å². The minimum absolute atomic E-state index is 0.165. The molecule has 1 fully saturated rings. The van der Waals surface area contributed by atoms with Gasteiger partial charge in [0.2, 0.25) is 0 Å². The quantitative estimate of drug-likeness (QED) is 0.857. The summed E-state index contributed by atoms with van der Waals surface area (Å²) in [5.41, 5.74) is 12.4. The van der Waals surface area contributed by atoms with Crippen LogP contribution in [0, 0.1) is 26.2 Å². The molecule has 1 aliphatic carbocycles. The molecular formula is C16H26N2. The third-order valence-corrected chi connectivity index (χ3v) is 4.97. The second-order valence-electron chi connectivity index (χ2n) is 5.95. The summed E-state index contributed by atoms with van der Waals surface area (Å²) < 4.78 is 0. The van der Waals surface area contributed by atoms with Crippen molar-refractivity contribution in [2.75, 3.05) is 13.6 Å². The first kappa shape index (κ1) is 13.6. The fourth-order valence-electron chi connectivity index (χ4n) is 3.22. The van der Waals surface area contributed by atoms with Crippen LogP contribution in [0.25, 0.3) is 0 Å². The van der Waals surface area contributed by atoms with Crippen LogP contribution in [0.5, 0.6) is 0 Å². The van der Waals surface area contributed by atoms with Gasteiger partial charge in [0, 0.05) is 18.0 Å². The van der Waals surface area contributed by atoms with Crippen molar-refractivity contribution < 1.29 is 0 Å². The molecule has 0 aromatic heterocycles. The van der Waals surface area contributed by atoms with Crippen LogP contribution in [0.1, 0.15) is 47.6 Å². The van der Waals surface area contributed by atoms with E-state index in [1.54, 1.807) is 0 Å². The second kappa shape index (κ2) is 5.02. The van der Waals surface area contributed by atoms with Crippen LogP contribution in [0.15, 0.2) is 12.1 Å². The van der Waals surface area contributed by atoms with Crippen LogP contribution in [-0.2, 0) is 0 Å². The van der Waals surface area contributed by atoms with Crippen molar-refractivity contribution in [3.05, 3.63) is 34.4 Å². The highest BCUT2D eigenvalue weighted by Gasteiger charge is 2.42. The van der Waals surface area contributed by atoms with Gasteiger partial charge in [-0.3, -0.25) is 0 Å². The average molecular weight is 246 g/mol. The Morgan fingerprint density at radius 3 is 2.39 bits per heavy atom. The SMILES string of the molecule is CNCC1(C(N)c2ccc(C)c(C)c2C)CCC1. The molecule has 100 valence electrons. The van der Waals surface area contributed by atoms with Gasteiger partial charge in [-0.15, -0.1) is 0 Å². The van der Waals surface area contributed by atoms with E-state index in [9.17, 15) is 0 Å². The lowest BCUT2D eigenvalue weighted by Crippen LogP contribution is -2.47. The number of benzene rings is 1. The molecule has 1 aliphatic rings. The first-order valence-electron chi connectivity index (χ1n) is 6.99. The van der Waals surface area contributed by atoms with Crippen LogP contribution < -0.4 is 11.1 Å². The largest absolute Gasteiger partial charge is 0.323 e. The number of aryl methyl sites for hydroxylation is 1. The molecule has 2 heteroatoms. The number of rotatable bonds is 4. The molecule has 0 heterocycles. The first-order chi connectivity index (χ1) is 8.52. The van der Waals surface area contributed by atoms with Crippen LogP contribution >= 0.6 is 0 Å². The predicted molar refractivity (Wildman–Crippen MR) is 77.8 cm³/mol. The Kier molecular flexibility index (Phi) is 3.79. The zero-order valence-corrected chi connectivity index (χ0v) is 12.1. The Hall–Kier alpha value is -0.860. The summed E-state index contributed by atoms with van der Waals surface area (Å²) in [7, 11) is 2.03. The van der Waals surface area contributed by atoms with Crippen molar-refractivity contribution in [3.8, 4) is 0 Å². The fraction of sp³-hybridized carbons (Fsp3) is 0.625. The third-order valence-electron chi connectivity index (χ3n) is 4.97. The van der Waals surface area contributed by atoms with E-state index in [-0.39, 0.29) is 11.5 Å². The van der Waals surface area contributed by atoms with Crippen molar-refractivity contribution >= 4 is 0 Å². The second-order valence-corrected chi connectivity index (χ2v) is 5.95. The van der Waals surface area contributed by atoms with E-state index < -0.39 is 0 Å². The zero-order chi connectivity index (χ0) is 13.3. The molecule has 0 saturated heterocycles. The molecule has 1 atom stereocenters.